The maximum atomic E-state index is 13.8. The Balaban J connectivity index is 2.94. The number of rotatable bonds is 5. The number of hydrogen-bond acceptors (Lipinski definition) is 2. The predicted octanol–water partition coefficient (Wildman–Crippen LogP) is 3.40. The second kappa shape index (κ2) is 6.33. The molecule has 1 rings (SSSR count). The van der Waals surface area contributed by atoms with Gasteiger partial charge in [-0.05, 0) is 35.3 Å². The van der Waals surface area contributed by atoms with E-state index in [0.717, 1.165) is 6.42 Å². The predicted molar refractivity (Wildman–Crippen MR) is 66.7 cm³/mol. The zero-order valence-electron chi connectivity index (χ0n) is 9.54. The standard InChI is InChI=1S/C12H17BrFNO/c1-3-10(16-4-2)12(15)8-6-5-7-9(13)11(8)14/h5-7,10,12H,3-4,15H2,1-2H3. The van der Waals surface area contributed by atoms with Crippen LogP contribution in [0, 0.1) is 5.82 Å². The Labute approximate surface area is 104 Å². The van der Waals surface area contributed by atoms with Crippen molar-refractivity contribution in [3.8, 4) is 0 Å². The van der Waals surface area contributed by atoms with Gasteiger partial charge in [0.05, 0.1) is 16.6 Å². The summed E-state index contributed by atoms with van der Waals surface area (Å²) in [5.41, 5.74) is 6.51. The summed E-state index contributed by atoms with van der Waals surface area (Å²) in [5, 5.41) is 0. The molecule has 0 saturated heterocycles. The zero-order valence-corrected chi connectivity index (χ0v) is 11.1. The minimum absolute atomic E-state index is 0.145. The van der Waals surface area contributed by atoms with Gasteiger partial charge < -0.3 is 10.5 Å². The van der Waals surface area contributed by atoms with Crippen LogP contribution in [0.15, 0.2) is 22.7 Å². The first-order valence-corrected chi connectivity index (χ1v) is 6.22. The molecule has 0 saturated carbocycles. The van der Waals surface area contributed by atoms with E-state index in [1.807, 2.05) is 13.8 Å². The third-order valence-electron chi connectivity index (χ3n) is 2.52. The highest BCUT2D eigenvalue weighted by Gasteiger charge is 2.21. The van der Waals surface area contributed by atoms with E-state index < -0.39 is 6.04 Å². The molecule has 0 aliphatic heterocycles. The highest BCUT2D eigenvalue weighted by Crippen LogP contribution is 2.26. The van der Waals surface area contributed by atoms with Gasteiger partial charge in [-0.25, -0.2) is 4.39 Å². The minimum Gasteiger partial charge on any atom is -0.377 e. The molecule has 1 aromatic rings. The summed E-state index contributed by atoms with van der Waals surface area (Å²) in [6, 6.07) is 4.71. The van der Waals surface area contributed by atoms with Crippen LogP contribution in [0.5, 0.6) is 0 Å². The molecule has 2 unspecified atom stereocenters. The molecule has 0 spiro atoms. The van der Waals surface area contributed by atoms with Gasteiger partial charge in [0.2, 0.25) is 0 Å². The highest BCUT2D eigenvalue weighted by atomic mass is 79.9. The molecule has 0 bridgehead atoms. The van der Waals surface area contributed by atoms with E-state index in [0.29, 0.717) is 16.6 Å². The first kappa shape index (κ1) is 13.6. The largest absolute Gasteiger partial charge is 0.377 e. The van der Waals surface area contributed by atoms with E-state index in [4.69, 9.17) is 10.5 Å². The van der Waals surface area contributed by atoms with E-state index in [9.17, 15) is 4.39 Å². The van der Waals surface area contributed by atoms with E-state index >= 15 is 0 Å². The minimum atomic E-state index is -0.428. The molecule has 2 nitrogen and oxygen atoms in total. The Hall–Kier alpha value is -0.450. The smallest absolute Gasteiger partial charge is 0.142 e. The van der Waals surface area contributed by atoms with Crippen LogP contribution in [0.4, 0.5) is 4.39 Å². The van der Waals surface area contributed by atoms with Crippen molar-refractivity contribution in [1.82, 2.24) is 0 Å². The zero-order chi connectivity index (χ0) is 12.1. The molecule has 0 aromatic heterocycles. The van der Waals surface area contributed by atoms with Crippen molar-refractivity contribution in [3.63, 3.8) is 0 Å². The second-order valence-corrected chi connectivity index (χ2v) is 4.43. The SMILES string of the molecule is CCOC(CC)C(N)c1cccc(Br)c1F. The van der Waals surface area contributed by atoms with Crippen LogP contribution in [0.2, 0.25) is 0 Å². The molecule has 0 aliphatic carbocycles. The number of halogens is 2. The highest BCUT2D eigenvalue weighted by molar-refractivity contribution is 9.10. The number of ether oxygens (including phenoxy) is 1. The Kier molecular flexibility index (Phi) is 5.38. The van der Waals surface area contributed by atoms with Crippen molar-refractivity contribution in [3.05, 3.63) is 34.1 Å². The second-order valence-electron chi connectivity index (χ2n) is 3.57. The normalized spacial score (nSPS) is 14.8. The molecule has 0 aliphatic rings. The summed E-state index contributed by atoms with van der Waals surface area (Å²) in [7, 11) is 0. The summed E-state index contributed by atoms with van der Waals surface area (Å²) >= 11 is 3.15. The lowest BCUT2D eigenvalue weighted by atomic mass is 10.00. The summed E-state index contributed by atoms with van der Waals surface area (Å²) in [6.45, 7) is 4.48. The van der Waals surface area contributed by atoms with Gasteiger partial charge in [0.1, 0.15) is 5.82 Å². The van der Waals surface area contributed by atoms with Crippen molar-refractivity contribution in [2.75, 3.05) is 6.61 Å². The van der Waals surface area contributed by atoms with E-state index in [2.05, 4.69) is 15.9 Å². The van der Waals surface area contributed by atoms with Crippen molar-refractivity contribution < 1.29 is 9.13 Å². The molecule has 0 radical (unpaired) electrons. The summed E-state index contributed by atoms with van der Waals surface area (Å²) in [4.78, 5) is 0. The molecule has 0 heterocycles. The molecule has 0 fully saturated rings. The fraction of sp³-hybridized carbons (Fsp3) is 0.500. The Bertz CT molecular complexity index is 346. The molecular formula is C12H17BrFNO. The average Bonchev–Trinajstić information content (AvgIpc) is 2.29. The average molecular weight is 290 g/mol. The Morgan fingerprint density at radius 3 is 2.69 bits per heavy atom. The molecule has 16 heavy (non-hydrogen) atoms. The third-order valence-corrected chi connectivity index (χ3v) is 3.14. The molecule has 4 heteroatoms. The first-order valence-electron chi connectivity index (χ1n) is 5.42. The summed E-state index contributed by atoms with van der Waals surface area (Å²) in [6.07, 6.45) is 0.620. The van der Waals surface area contributed by atoms with Gasteiger partial charge in [0.25, 0.3) is 0 Å². The third kappa shape index (κ3) is 3.03. The maximum absolute atomic E-state index is 13.8. The summed E-state index contributed by atoms with van der Waals surface area (Å²) in [5.74, 6) is -0.298. The van der Waals surface area contributed by atoms with E-state index in [1.54, 1.807) is 18.2 Å². The lowest BCUT2D eigenvalue weighted by Crippen LogP contribution is -2.29. The fourth-order valence-electron chi connectivity index (χ4n) is 1.67. The van der Waals surface area contributed by atoms with Gasteiger partial charge >= 0.3 is 0 Å². The van der Waals surface area contributed by atoms with Gasteiger partial charge in [-0.2, -0.15) is 0 Å². The molecule has 0 amide bonds. The lowest BCUT2D eigenvalue weighted by Gasteiger charge is -2.23. The van der Waals surface area contributed by atoms with Crippen LogP contribution in [0.3, 0.4) is 0 Å². The monoisotopic (exact) mass is 289 g/mol. The van der Waals surface area contributed by atoms with Gasteiger partial charge in [0.15, 0.2) is 0 Å². The number of benzene rings is 1. The van der Waals surface area contributed by atoms with Crippen molar-refractivity contribution >= 4 is 15.9 Å². The van der Waals surface area contributed by atoms with Gasteiger partial charge in [-0.3, -0.25) is 0 Å². The van der Waals surface area contributed by atoms with Crippen LogP contribution in [0.1, 0.15) is 31.9 Å². The van der Waals surface area contributed by atoms with E-state index in [-0.39, 0.29) is 11.9 Å². The number of hydrogen-bond donors (Lipinski definition) is 1. The molecule has 2 atom stereocenters. The van der Waals surface area contributed by atoms with Crippen molar-refractivity contribution in [2.24, 2.45) is 5.73 Å². The van der Waals surface area contributed by atoms with Crippen LogP contribution in [0.25, 0.3) is 0 Å². The van der Waals surface area contributed by atoms with Crippen LogP contribution in [-0.2, 0) is 4.74 Å². The first-order chi connectivity index (χ1) is 7.61. The molecular weight excluding hydrogens is 273 g/mol. The summed E-state index contributed by atoms with van der Waals surface area (Å²) < 4.78 is 19.7. The maximum Gasteiger partial charge on any atom is 0.142 e. The lowest BCUT2D eigenvalue weighted by molar-refractivity contribution is 0.0405. The number of nitrogens with two attached hydrogens (primary N) is 1. The molecule has 2 N–H and O–H groups in total. The van der Waals surface area contributed by atoms with Crippen molar-refractivity contribution in [1.29, 1.82) is 0 Å². The van der Waals surface area contributed by atoms with Gasteiger partial charge in [-0.1, -0.05) is 19.1 Å². The Morgan fingerprint density at radius 1 is 1.44 bits per heavy atom. The van der Waals surface area contributed by atoms with Gasteiger partial charge in [0, 0.05) is 12.2 Å². The molecule has 90 valence electrons. The van der Waals surface area contributed by atoms with Crippen molar-refractivity contribution in [2.45, 2.75) is 32.4 Å². The van der Waals surface area contributed by atoms with Crippen LogP contribution < -0.4 is 5.73 Å². The van der Waals surface area contributed by atoms with E-state index in [1.165, 1.54) is 0 Å². The Morgan fingerprint density at radius 2 is 2.12 bits per heavy atom. The van der Waals surface area contributed by atoms with Crippen LogP contribution >= 0.6 is 15.9 Å². The molecule has 1 aromatic carbocycles. The van der Waals surface area contributed by atoms with Crippen LogP contribution in [-0.4, -0.2) is 12.7 Å². The quantitative estimate of drug-likeness (QED) is 0.902. The fourth-order valence-corrected chi connectivity index (χ4v) is 2.05. The topological polar surface area (TPSA) is 35.2 Å². The van der Waals surface area contributed by atoms with Gasteiger partial charge in [-0.15, -0.1) is 0 Å².